The molecule has 7 heteroatoms. The molecule has 1 unspecified atom stereocenters. The van der Waals surface area contributed by atoms with Crippen molar-refractivity contribution >= 4 is 29.0 Å². The van der Waals surface area contributed by atoms with E-state index in [0.717, 1.165) is 31.8 Å². The van der Waals surface area contributed by atoms with Crippen molar-refractivity contribution < 1.29 is 14.3 Å². The van der Waals surface area contributed by atoms with E-state index < -0.39 is 0 Å². The van der Waals surface area contributed by atoms with Crippen LogP contribution < -0.4 is 15.4 Å². The van der Waals surface area contributed by atoms with Gasteiger partial charge in [0.2, 0.25) is 0 Å². The van der Waals surface area contributed by atoms with E-state index >= 15 is 0 Å². The Morgan fingerprint density at radius 2 is 2.12 bits per heavy atom. The van der Waals surface area contributed by atoms with Crippen LogP contribution in [0.5, 0.6) is 5.75 Å². The van der Waals surface area contributed by atoms with Gasteiger partial charge < -0.3 is 20.1 Å². The number of rotatable bonds is 7. The van der Waals surface area contributed by atoms with Gasteiger partial charge in [-0.3, -0.25) is 4.79 Å². The summed E-state index contributed by atoms with van der Waals surface area (Å²) in [5.41, 5.74) is 0.618. The summed E-state index contributed by atoms with van der Waals surface area (Å²) in [5.74, 6) is 1.09. The van der Waals surface area contributed by atoms with Crippen molar-refractivity contribution in [1.29, 1.82) is 0 Å². The maximum absolute atomic E-state index is 11.9. The minimum absolute atomic E-state index is 0.0827. The lowest BCUT2D eigenvalue weighted by atomic mass is 10.2. The molecule has 2 heterocycles. The Morgan fingerprint density at radius 1 is 1.28 bits per heavy atom. The molecule has 1 fully saturated rings. The molecule has 2 N–H and O–H groups in total. The summed E-state index contributed by atoms with van der Waals surface area (Å²) in [6, 6.07) is 10.5. The van der Waals surface area contributed by atoms with E-state index in [1.165, 1.54) is 0 Å². The number of pyridine rings is 1. The van der Waals surface area contributed by atoms with E-state index in [0.29, 0.717) is 16.5 Å². The van der Waals surface area contributed by atoms with E-state index in [9.17, 15) is 4.79 Å². The van der Waals surface area contributed by atoms with Crippen LogP contribution in [0, 0.1) is 0 Å². The Bertz CT molecular complexity index is 686. The van der Waals surface area contributed by atoms with Gasteiger partial charge in [0.1, 0.15) is 11.6 Å². The topological polar surface area (TPSA) is 72.5 Å². The number of ether oxygens (including phenoxy) is 2. The summed E-state index contributed by atoms with van der Waals surface area (Å²) in [6.45, 7) is 1.50. The van der Waals surface area contributed by atoms with Gasteiger partial charge in [0, 0.05) is 18.2 Å². The van der Waals surface area contributed by atoms with Crippen LogP contribution in [0.3, 0.4) is 0 Å². The average molecular weight is 362 g/mol. The highest BCUT2D eigenvalue weighted by Gasteiger charge is 2.14. The monoisotopic (exact) mass is 361 g/mol. The van der Waals surface area contributed by atoms with Gasteiger partial charge in [-0.25, -0.2) is 4.98 Å². The quantitative estimate of drug-likeness (QED) is 0.791. The summed E-state index contributed by atoms with van der Waals surface area (Å²) in [4.78, 5) is 16.2. The van der Waals surface area contributed by atoms with Crippen molar-refractivity contribution in [2.45, 2.75) is 18.9 Å². The van der Waals surface area contributed by atoms with Crippen LogP contribution in [-0.2, 0) is 9.53 Å². The molecular formula is C18H20ClN3O3. The molecule has 1 amide bonds. The second-order valence-electron chi connectivity index (χ2n) is 5.74. The summed E-state index contributed by atoms with van der Waals surface area (Å²) in [6.07, 6.45) is 4.06. The smallest absolute Gasteiger partial charge is 0.262 e. The summed E-state index contributed by atoms with van der Waals surface area (Å²) >= 11 is 5.80. The molecule has 0 aliphatic carbocycles. The average Bonchev–Trinajstić information content (AvgIpc) is 3.14. The minimum atomic E-state index is -0.253. The third kappa shape index (κ3) is 5.62. The number of anilines is 2. The number of aromatic nitrogens is 1. The van der Waals surface area contributed by atoms with E-state index in [1.807, 2.05) is 6.07 Å². The molecule has 1 saturated heterocycles. The van der Waals surface area contributed by atoms with Crippen molar-refractivity contribution in [3.63, 3.8) is 0 Å². The minimum Gasteiger partial charge on any atom is -0.484 e. The fraction of sp³-hybridized carbons (Fsp3) is 0.333. The largest absolute Gasteiger partial charge is 0.484 e. The fourth-order valence-electron chi connectivity index (χ4n) is 2.47. The molecule has 0 spiro atoms. The highest BCUT2D eigenvalue weighted by atomic mass is 35.5. The molecule has 1 aromatic heterocycles. The van der Waals surface area contributed by atoms with E-state index in [-0.39, 0.29) is 18.6 Å². The van der Waals surface area contributed by atoms with Crippen molar-refractivity contribution in [1.82, 2.24) is 4.98 Å². The number of nitrogens with one attached hydrogen (secondary N) is 2. The summed E-state index contributed by atoms with van der Waals surface area (Å²) in [7, 11) is 0. The van der Waals surface area contributed by atoms with E-state index in [4.69, 9.17) is 21.1 Å². The first-order valence-corrected chi connectivity index (χ1v) is 8.56. The van der Waals surface area contributed by atoms with Gasteiger partial charge in [-0.15, -0.1) is 0 Å². The van der Waals surface area contributed by atoms with E-state index in [1.54, 1.807) is 36.5 Å². The zero-order valence-corrected chi connectivity index (χ0v) is 14.5. The Kier molecular flexibility index (Phi) is 6.09. The van der Waals surface area contributed by atoms with Crippen LogP contribution in [0.1, 0.15) is 12.8 Å². The third-order valence-electron chi connectivity index (χ3n) is 3.77. The van der Waals surface area contributed by atoms with Gasteiger partial charge in [0.25, 0.3) is 5.91 Å². The number of benzene rings is 1. The summed E-state index contributed by atoms with van der Waals surface area (Å²) in [5, 5.41) is 6.60. The molecule has 132 valence electrons. The highest BCUT2D eigenvalue weighted by Crippen LogP contribution is 2.16. The van der Waals surface area contributed by atoms with Gasteiger partial charge in [-0.05, 0) is 49.2 Å². The van der Waals surface area contributed by atoms with E-state index in [2.05, 4.69) is 15.6 Å². The SMILES string of the molecule is O=C(COc1ccc(Cl)cc1)Nc1ccc(NCC2CCCO2)nc1. The first-order valence-electron chi connectivity index (χ1n) is 8.19. The van der Waals surface area contributed by atoms with Crippen LogP contribution in [-0.4, -0.2) is 36.8 Å². The Morgan fingerprint density at radius 3 is 2.80 bits per heavy atom. The molecule has 0 bridgehead atoms. The number of carbonyl (C=O) groups is 1. The standard InChI is InChI=1S/C18H20ClN3O3/c19-13-3-6-15(7-4-13)25-12-18(23)22-14-5-8-17(20-10-14)21-11-16-2-1-9-24-16/h3-8,10,16H,1-2,9,11-12H2,(H,20,21)(H,22,23). The van der Waals surface area contributed by atoms with Gasteiger partial charge in [-0.1, -0.05) is 11.6 Å². The Balaban J connectivity index is 1.42. The number of amides is 1. The van der Waals surface area contributed by atoms with Crippen LogP contribution >= 0.6 is 11.6 Å². The molecule has 1 aromatic carbocycles. The van der Waals surface area contributed by atoms with Crippen molar-refractivity contribution in [2.24, 2.45) is 0 Å². The first-order chi connectivity index (χ1) is 12.2. The number of hydrogen-bond donors (Lipinski definition) is 2. The molecule has 0 radical (unpaired) electrons. The lowest BCUT2D eigenvalue weighted by Gasteiger charge is -2.12. The molecule has 0 saturated carbocycles. The van der Waals surface area contributed by atoms with Crippen LogP contribution in [0.4, 0.5) is 11.5 Å². The zero-order chi connectivity index (χ0) is 17.5. The molecule has 2 aromatic rings. The van der Waals surface area contributed by atoms with Crippen molar-refractivity contribution in [3.8, 4) is 5.75 Å². The second kappa shape index (κ2) is 8.69. The number of halogens is 1. The van der Waals surface area contributed by atoms with Crippen LogP contribution in [0.25, 0.3) is 0 Å². The number of carbonyl (C=O) groups excluding carboxylic acids is 1. The molecule has 25 heavy (non-hydrogen) atoms. The second-order valence-corrected chi connectivity index (χ2v) is 6.18. The van der Waals surface area contributed by atoms with Gasteiger partial charge >= 0.3 is 0 Å². The lowest BCUT2D eigenvalue weighted by Crippen LogP contribution is -2.20. The molecule has 6 nitrogen and oxygen atoms in total. The molecule has 3 rings (SSSR count). The molecular weight excluding hydrogens is 342 g/mol. The highest BCUT2D eigenvalue weighted by molar-refractivity contribution is 6.30. The Hall–Kier alpha value is -2.31. The Labute approximate surface area is 151 Å². The first kappa shape index (κ1) is 17.5. The zero-order valence-electron chi connectivity index (χ0n) is 13.7. The van der Waals surface area contributed by atoms with Crippen LogP contribution in [0.15, 0.2) is 42.6 Å². The maximum atomic E-state index is 11.9. The fourth-order valence-corrected chi connectivity index (χ4v) is 2.60. The molecule has 1 atom stereocenters. The molecule has 1 aliphatic heterocycles. The van der Waals surface area contributed by atoms with Gasteiger partial charge in [0.15, 0.2) is 6.61 Å². The summed E-state index contributed by atoms with van der Waals surface area (Å²) < 4.78 is 10.9. The van der Waals surface area contributed by atoms with Crippen molar-refractivity contribution in [2.75, 3.05) is 30.4 Å². The normalized spacial score (nSPS) is 16.4. The maximum Gasteiger partial charge on any atom is 0.262 e. The predicted octanol–water partition coefficient (Wildman–Crippen LogP) is 3.34. The molecule has 1 aliphatic rings. The van der Waals surface area contributed by atoms with Crippen molar-refractivity contribution in [3.05, 3.63) is 47.6 Å². The van der Waals surface area contributed by atoms with Gasteiger partial charge in [0.05, 0.1) is 18.0 Å². The number of nitrogens with zero attached hydrogens (tertiary/aromatic N) is 1. The van der Waals surface area contributed by atoms with Crippen LogP contribution in [0.2, 0.25) is 5.02 Å². The lowest BCUT2D eigenvalue weighted by molar-refractivity contribution is -0.118. The predicted molar refractivity (Wildman–Crippen MR) is 97.3 cm³/mol. The third-order valence-corrected chi connectivity index (χ3v) is 4.02. The number of hydrogen-bond acceptors (Lipinski definition) is 5. The van der Waals surface area contributed by atoms with Gasteiger partial charge in [-0.2, -0.15) is 0 Å².